The van der Waals surface area contributed by atoms with Gasteiger partial charge >= 0.3 is 0 Å². The molecule has 1 aliphatic carbocycles. The third-order valence-corrected chi connectivity index (χ3v) is 7.41. The van der Waals surface area contributed by atoms with Gasteiger partial charge in [-0.05, 0) is 104 Å². The maximum absolute atomic E-state index is 9.78. The quantitative estimate of drug-likeness (QED) is 0.319. The highest BCUT2D eigenvalue weighted by molar-refractivity contribution is 5.54. The Bertz CT molecular complexity index is 1040. The second-order valence-electron chi connectivity index (χ2n) is 9.60. The van der Waals surface area contributed by atoms with Crippen molar-refractivity contribution in [3.8, 4) is 5.75 Å². The highest BCUT2D eigenvalue weighted by Gasteiger charge is 2.22. The van der Waals surface area contributed by atoms with Crippen molar-refractivity contribution in [3.05, 3.63) is 94.5 Å². The summed E-state index contributed by atoms with van der Waals surface area (Å²) >= 11 is 0. The lowest BCUT2D eigenvalue weighted by Crippen LogP contribution is -2.25. The summed E-state index contributed by atoms with van der Waals surface area (Å²) in [5.41, 5.74) is 8.26. The molecule has 180 valence electrons. The largest absolute Gasteiger partial charge is 0.508 e. The fourth-order valence-corrected chi connectivity index (χ4v) is 5.24. The molecule has 34 heavy (non-hydrogen) atoms. The zero-order valence-electron chi connectivity index (χ0n) is 20.9. The number of nitrogens with one attached hydrogen (secondary N) is 1. The summed E-state index contributed by atoms with van der Waals surface area (Å²) in [4.78, 5) is 2.48. The molecule has 0 fully saturated rings. The summed E-state index contributed by atoms with van der Waals surface area (Å²) < 4.78 is 0. The summed E-state index contributed by atoms with van der Waals surface area (Å²) in [6, 6.07) is 23.9. The Morgan fingerprint density at radius 3 is 2.38 bits per heavy atom. The number of nitrogens with zero attached hydrogens (tertiary/aromatic N) is 1. The first kappa shape index (κ1) is 24.3. The Morgan fingerprint density at radius 2 is 1.62 bits per heavy atom. The molecule has 0 saturated carbocycles. The Labute approximate surface area is 205 Å². The summed E-state index contributed by atoms with van der Waals surface area (Å²) in [5.74, 6) is 0.915. The number of hydrogen-bond donors (Lipinski definition) is 2. The normalized spacial score (nSPS) is 15.3. The highest BCUT2D eigenvalue weighted by Crippen LogP contribution is 2.37. The standard InChI is InChI=1S/C31H40N2O/c1-3-33(4-2)21-19-25-13-11-24(12-14-25)8-7-20-32-31-10-6-5-9-30(31)28-16-15-27-23-29(34)18-17-26(27)22-28/h5-6,9-14,17-18,23,28,32,34H,3-4,7-8,15-16,19-22H2,1-2H3. The molecule has 0 saturated heterocycles. The zero-order valence-corrected chi connectivity index (χ0v) is 20.9. The van der Waals surface area contributed by atoms with Crippen molar-refractivity contribution in [3.63, 3.8) is 0 Å². The number of fused-ring (bicyclic) bond motifs is 1. The predicted molar refractivity (Wildman–Crippen MR) is 144 cm³/mol. The van der Waals surface area contributed by atoms with E-state index in [0.717, 1.165) is 64.7 Å². The molecule has 3 aromatic rings. The van der Waals surface area contributed by atoms with Gasteiger partial charge in [0.05, 0.1) is 0 Å². The first-order valence-corrected chi connectivity index (χ1v) is 13.1. The van der Waals surface area contributed by atoms with Crippen molar-refractivity contribution in [2.75, 3.05) is 31.5 Å². The van der Waals surface area contributed by atoms with Crippen LogP contribution in [0.2, 0.25) is 0 Å². The minimum atomic E-state index is 0.383. The highest BCUT2D eigenvalue weighted by atomic mass is 16.3. The van der Waals surface area contributed by atoms with E-state index in [-0.39, 0.29) is 0 Å². The first-order valence-electron chi connectivity index (χ1n) is 13.1. The molecular weight excluding hydrogens is 416 g/mol. The van der Waals surface area contributed by atoms with Gasteiger partial charge in [0.25, 0.3) is 0 Å². The third kappa shape index (κ3) is 6.42. The average molecular weight is 457 g/mol. The van der Waals surface area contributed by atoms with Crippen LogP contribution < -0.4 is 5.32 Å². The molecule has 1 aliphatic rings. The molecule has 0 bridgehead atoms. The molecule has 0 aromatic heterocycles. The Balaban J connectivity index is 1.27. The number of hydrogen-bond acceptors (Lipinski definition) is 3. The second kappa shape index (κ2) is 12.1. The van der Waals surface area contributed by atoms with E-state index < -0.39 is 0 Å². The Kier molecular flexibility index (Phi) is 8.65. The molecule has 3 nitrogen and oxygen atoms in total. The minimum Gasteiger partial charge on any atom is -0.508 e. The van der Waals surface area contributed by atoms with E-state index in [9.17, 15) is 5.11 Å². The second-order valence-corrected chi connectivity index (χ2v) is 9.60. The smallest absolute Gasteiger partial charge is 0.115 e. The maximum Gasteiger partial charge on any atom is 0.115 e. The number of aromatic hydroxyl groups is 1. The van der Waals surface area contributed by atoms with Crippen molar-refractivity contribution < 1.29 is 5.11 Å². The molecule has 0 heterocycles. The number of anilines is 1. The van der Waals surface area contributed by atoms with Gasteiger partial charge in [0.2, 0.25) is 0 Å². The lowest BCUT2D eigenvalue weighted by atomic mass is 9.79. The van der Waals surface area contributed by atoms with Gasteiger partial charge in [0.15, 0.2) is 0 Å². The van der Waals surface area contributed by atoms with Crippen LogP contribution in [0.5, 0.6) is 5.75 Å². The third-order valence-electron chi connectivity index (χ3n) is 7.41. The fraction of sp³-hybridized carbons (Fsp3) is 0.419. The topological polar surface area (TPSA) is 35.5 Å². The van der Waals surface area contributed by atoms with Crippen LogP contribution >= 0.6 is 0 Å². The van der Waals surface area contributed by atoms with Gasteiger partial charge in [-0.2, -0.15) is 0 Å². The van der Waals surface area contributed by atoms with Gasteiger partial charge in [-0.1, -0.05) is 62.4 Å². The van der Waals surface area contributed by atoms with Crippen LogP contribution in [0.3, 0.4) is 0 Å². The van der Waals surface area contributed by atoms with Crippen molar-refractivity contribution in [1.82, 2.24) is 4.90 Å². The van der Waals surface area contributed by atoms with Gasteiger partial charge in [-0.3, -0.25) is 0 Å². The molecule has 0 aliphatic heterocycles. The molecule has 3 heteroatoms. The number of rotatable bonds is 11. The molecule has 1 atom stereocenters. The monoisotopic (exact) mass is 456 g/mol. The number of benzene rings is 3. The van der Waals surface area contributed by atoms with E-state index in [0.29, 0.717) is 11.7 Å². The number of phenols is 1. The van der Waals surface area contributed by atoms with Crippen LogP contribution in [0.4, 0.5) is 5.69 Å². The molecule has 2 N–H and O–H groups in total. The molecule has 1 unspecified atom stereocenters. The van der Waals surface area contributed by atoms with Crippen LogP contribution in [0.15, 0.2) is 66.7 Å². The first-order chi connectivity index (χ1) is 16.7. The van der Waals surface area contributed by atoms with Crippen molar-refractivity contribution in [2.24, 2.45) is 0 Å². The number of likely N-dealkylation sites (N-methyl/N-ethyl adjacent to an activating group) is 1. The molecule has 0 amide bonds. The minimum absolute atomic E-state index is 0.383. The van der Waals surface area contributed by atoms with Gasteiger partial charge in [-0.25, -0.2) is 0 Å². The lowest BCUT2D eigenvalue weighted by Gasteiger charge is -2.27. The number of aryl methyl sites for hydroxylation is 2. The number of phenolic OH excluding ortho intramolecular Hbond substituents is 1. The van der Waals surface area contributed by atoms with Crippen LogP contribution in [0.1, 0.15) is 60.4 Å². The van der Waals surface area contributed by atoms with Gasteiger partial charge in [0, 0.05) is 18.8 Å². The van der Waals surface area contributed by atoms with E-state index in [1.165, 1.54) is 33.5 Å². The summed E-state index contributed by atoms with van der Waals surface area (Å²) in [6.45, 7) is 8.86. The molecule has 0 radical (unpaired) electrons. The average Bonchev–Trinajstić information content (AvgIpc) is 2.88. The maximum atomic E-state index is 9.78. The van der Waals surface area contributed by atoms with E-state index >= 15 is 0 Å². The SMILES string of the molecule is CCN(CC)CCc1ccc(CCCNc2ccccc2C2CCc3cc(O)ccc3C2)cc1. The van der Waals surface area contributed by atoms with Crippen molar-refractivity contribution in [1.29, 1.82) is 0 Å². The van der Waals surface area contributed by atoms with E-state index in [2.05, 4.69) is 78.7 Å². The van der Waals surface area contributed by atoms with E-state index in [1.807, 2.05) is 12.1 Å². The van der Waals surface area contributed by atoms with Gasteiger partial charge in [0.1, 0.15) is 5.75 Å². The molecule has 4 rings (SSSR count). The number of para-hydroxylation sites is 1. The van der Waals surface area contributed by atoms with Crippen LogP contribution in [-0.4, -0.2) is 36.2 Å². The summed E-state index contributed by atoms with van der Waals surface area (Å²) in [6.07, 6.45) is 6.58. The van der Waals surface area contributed by atoms with E-state index in [1.54, 1.807) is 0 Å². The van der Waals surface area contributed by atoms with Crippen LogP contribution in [0, 0.1) is 0 Å². The predicted octanol–water partition coefficient (Wildman–Crippen LogP) is 6.59. The lowest BCUT2D eigenvalue weighted by molar-refractivity contribution is 0.308. The van der Waals surface area contributed by atoms with Gasteiger partial charge < -0.3 is 15.3 Å². The van der Waals surface area contributed by atoms with Gasteiger partial charge in [-0.15, -0.1) is 0 Å². The summed E-state index contributed by atoms with van der Waals surface area (Å²) in [5, 5.41) is 13.5. The Morgan fingerprint density at radius 1 is 0.882 bits per heavy atom. The van der Waals surface area contributed by atoms with E-state index in [4.69, 9.17) is 0 Å². The zero-order chi connectivity index (χ0) is 23.8. The van der Waals surface area contributed by atoms with Crippen molar-refractivity contribution in [2.45, 2.75) is 58.3 Å². The summed E-state index contributed by atoms with van der Waals surface area (Å²) in [7, 11) is 0. The Hall–Kier alpha value is -2.78. The molecule has 0 spiro atoms. The van der Waals surface area contributed by atoms with Crippen molar-refractivity contribution >= 4 is 5.69 Å². The fourth-order valence-electron chi connectivity index (χ4n) is 5.24. The molecular formula is C31H40N2O. The van der Waals surface area contributed by atoms with Crippen LogP contribution in [-0.2, 0) is 25.7 Å². The molecule has 3 aromatic carbocycles. The van der Waals surface area contributed by atoms with Crippen LogP contribution in [0.25, 0.3) is 0 Å².